The molecule has 0 saturated heterocycles. The monoisotopic (exact) mass is 698 g/mol. The van der Waals surface area contributed by atoms with Crippen molar-refractivity contribution in [1.82, 2.24) is 4.57 Å². The zero-order valence-corrected chi connectivity index (χ0v) is 29.7. The number of thiophene rings is 2. The van der Waals surface area contributed by atoms with Gasteiger partial charge in [0.2, 0.25) is 0 Å². The third-order valence-corrected chi connectivity index (χ3v) is 12.7. The third-order valence-electron chi connectivity index (χ3n) is 10.4. The highest BCUT2D eigenvalue weighted by molar-refractivity contribution is 7.26. The summed E-state index contributed by atoms with van der Waals surface area (Å²) < 4.78 is 7.60. The average Bonchev–Trinajstić information content (AvgIpc) is 3.88. The molecule has 0 aliphatic carbocycles. The summed E-state index contributed by atoms with van der Waals surface area (Å²) in [5.74, 6) is 0. The van der Waals surface area contributed by atoms with E-state index in [4.69, 9.17) is 0 Å². The molecule has 4 heteroatoms. The fourth-order valence-electron chi connectivity index (χ4n) is 8.03. The summed E-state index contributed by atoms with van der Waals surface area (Å²) >= 11 is 3.73. The first-order valence-corrected chi connectivity index (χ1v) is 19.2. The van der Waals surface area contributed by atoms with Crippen LogP contribution in [0.3, 0.4) is 0 Å². The van der Waals surface area contributed by atoms with E-state index in [0.717, 1.165) is 11.4 Å². The van der Waals surface area contributed by atoms with Crippen molar-refractivity contribution in [3.63, 3.8) is 0 Å². The highest BCUT2D eigenvalue weighted by Crippen LogP contribution is 2.46. The van der Waals surface area contributed by atoms with E-state index in [1.165, 1.54) is 84.7 Å². The number of hydrogen-bond acceptors (Lipinski definition) is 3. The van der Waals surface area contributed by atoms with Crippen LogP contribution < -0.4 is 4.90 Å². The molecule has 0 spiro atoms. The van der Waals surface area contributed by atoms with Crippen molar-refractivity contribution in [3.8, 4) is 16.8 Å². The van der Waals surface area contributed by atoms with Gasteiger partial charge in [-0.05, 0) is 90.0 Å². The Morgan fingerprint density at radius 2 is 0.981 bits per heavy atom. The number of benzene rings is 8. The molecule has 0 aliphatic heterocycles. The van der Waals surface area contributed by atoms with Gasteiger partial charge < -0.3 is 9.47 Å². The summed E-state index contributed by atoms with van der Waals surface area (Å²) in [4.78, 5) is 2.45. The van der Waals surface area contributed by atoms with Crippen LogP contribution in [-0.2, 0) is 0 Å². The molecular weight excluding hydrogens is 669 g/mol. The molecule has 0 amide bonds. The van der Waals surface area contributed by atoms with Gasteiger partial charge in [-0.25, -0.2) is 0 Å². The first-order chi connectivity index (χ1) is 25.8. The highest BCUT2D eigenvalue weighted by Gasteiger charge is 2.20. The number of anilines is 3. The standard InChI is InChI=1S/C48H30N2S2/c1-2-11-33(12-3-1)50-41-16-7-4-13-36(41)40-29-32(23-28-42(40)50)31-21-24-34(25-22-31)49(35-26-27-38-37-14-5-8-18-44(37)52-47(38)30-35)43-17-10-20-46-48(43)39-15-6-9-19-45(39)51-46/h1-30H. The van der Waals surface area contributed by atoms with E-state index in [2.05, 4.69) is 191 Å². The second kappa shape index (κ2) is 11.7. The molecule has 3 heterocycles. The smallest absolute Gasteiger partial charge is 0.0554 e. The first kappa shape index (κ1) is 29.5. The molecule has 52 heavy (non-hydrogen) atoms. The van der Waals surface area contributed by atoms with E-state index in [-0.39, 0.29) is 0 Å². The molecule has 0 saturated carbocycles. The fourth-order valence-corrected chi connectivity index (χ4v) is 10.3. The summed E-state index contributed by atoms with van der Waals surface area (Å²) in [7, 11) is 0. The van der Waals surface area contributed by atoms with Crippen LogP contribution in [0.5, 0.6) is 0 Å². The minimum Gasteiger partial charge on any atom is -0.310 e. The summed E-state index contributed by atoms with van der Waals surface area (Å²) in [6.07, 6.45) is 0. The van der Waals surface area contributed by atoms with Gasteiger partial charge in [0.05, 0.1) is 16.7 Å². The van der Waals surface area contributed by atoms with Crippen molar-refractivity contribution in [1.29, 1.82) is 0 Å². The summed E-state index contributed by atoms with van der Waals surface area (Å²) in [6.45, 7) is 0. The van der Waals surface area contributed by atoms with E-state index in [1.54, 1.807) is 0 Å². The maximum atomic E-state index is 2.45. The molecule has 0 radical (unpaired) electrons. The quantitative estimate of drug-likeness (QED) is 0.174. The second-order valence-electron chi connectivity index (χ2n) is 13.3. The van der Waals surface area contributed by atoms with Gasteiger partial charge in [0.25, 0.3) is 0 Å². The number of aromatic nitrogens is 1. The number of para-hydroxylation sites is 2. The largest absolute Gasteiger partial charge is 0.310 e. The Morgan fingerprint density at radius 1 is 0.365 bits per heavy atom. The normalized spacial score (nSPS) is 11.8. The molecular formula is C48H30N2S2. The lowest BCUT2D eigenvalue weighted by molar-refractivity contribution is 1.18. The summed E-state index contributed by atoms with van der Waals surface area (Å²) in [5.41, 5.74) is 9.50. The van der Waals surface area contributed by atoms with E-state index in [1.807, 2.05) is 22.7 Å². The van der Waals surface area contributed by atoms with Gasteiger partial charge >= 0.3 is 0 Å². The molecule has 0 bridgehead atoms. The van der Waals surface area contributed by atoms with Gasteiger partial charge in [-0.3, -0.25) is 0 Å². The number of nitrogens with zero attached hydrogens (tertiary/aromatic N) is 2. The van der Waals surface area contributed by atoms with Crippen LogP contribution in [0, 0.1) is 0 Å². The van der Waals surface area contributed by atoms with E-state index < -0.39 is 0 Å². The predicted molar refractivity (Wildman–Crippen MR) is 227 cm³/mol. The molecule has 0 unspecified atom stereocenters. The maximum Gasteiger partial charge on any atom is 0.0554 e. The Hall–Kier alpha value is -6.20. The lowest BCUT2D eigenvalue weighted by atomic mass is 10.0. The predicted octanol–water partition coefficient (Wildman–Crippen LogP) is 14.7. The van der Waals surface area contributed by atoms with Crippen LogP contribution in [0.1, 0.15) is 0 Å². The zero-order valence-electron chi connectivity index (χ0n) is 28.0. The van der Waals surface area contributed by atoms with Crippen molar-refractivity contribution in [2.24, 2.45) is 0 Å². The Morgan fingerprint density at radius 3 is 1.83 bits per heavy atom. The van der Waals surface area contributed by atoms with Crippen molar-refractivity contribution in [2.45, 2.75) is 0 Å². The summed E-state index contributed by atoms with van der Waals surface area (Å²) in [6, 6.07) is 66.7. The van der Waals surface area contributed by atoms with E-state index in [0.29, 0.717) is 0 Å². The Kier molecular flexibility index (Phi) is 6.63. The molecule has 3 aromatic heterocycles. The third kappa shape index (κ3) is 4.55. The van der Waals surface area contributed by atoms with Crippen LogP contribution in [0.25, 0.3) is 79.0 Å². The molecule has 11 rings (SSSR count). The van der Waals surface area contributed by atoms with Gasteiger partial charge in [0.15, 0.2) is 0 Å². The SMILES string of the molecule is c1ccc(-n2c3ccccc3c3cc(-c4ccc(N(c5ccc6c(c5)sc5ccccc56)c5cccc6sc7ccccc7c56)cc4)ccc32)cc1. The topological polar surface area (TPSA) is 8.17 Å². The van der Waals surface area contributed by atoms with Crippen LogP contribution in [0.15, 0.2) is 182 Å². The highest BCUT2D eigenvalue weighted by atomic mass is 32.1. The second-order valence-corrected chi connectivity index (χ2v) is 15.5. The van der Waals surface area contributed by atoms with Gasteiger partial charge in [0, 0.05) is 68.2 Å². The van der Waals surface area contributed by atoms with Gasteiger partial charge in [0.1, 0.15) is 0 Å². The van der Waals surface area contributed by atoms with Gasteiger partial charge in [-0.2, -0.15) is 0 Å². The van der Waals surface area contributed by atoms with Crippen LogP contribution >= 0.6 is 22.7 Å². The Bertz CT molecular complexity index is 3130. The maximum absolute atomic E-state index is 2.45. The molecule has 2 nitrogen and oxygen atoms in total. The first-order valence-electron chi connectivity index (χ1n) is 17.6. The fraction of sp³-hybridized carbons (Fsp3) is 0. The molecule has 0 fully saturated rings. The van der Waals surface area contributed by atoms with E-state index in [9.17, 15) is 0 Å². The minimum absolute atomic E-state index is 1.13. The van der Waals surface area contributed by atoms with Crippen molar-refractivity contribution in [2.75, 3.05) is 4.90 Å². The number of hydrogen-bond donors (Lipinski definition) is 0. The number of fused-ring (bicyclic) bond motifs is 9. The van der Waals surface area contributed by atoms with Crippen molar-refractivity contribution < 1.29 is 0 Å². The Labute approximate surface area is 308 Å². The average molecular weight is 699 g/mol. The summed E-state index contributed by atoms with van der Waals surface area (Å²) in [5, 5.41) is 7.74. The Balaban J connectivity index is 1.07. The molecule has 244 valence electrons. The lowest BCUT2D eigenvalue weighted by Gasteiger charge is -2.27. The minimum atomic E-state index is 1.13. The van der Waals surface area contributed by atoms with Crippen LogP contribution in [0.4, 0.5) is 17.1 Å². The van der Waals surface area contributed by atoms with Crippen molar-refractivity contribution in [3.05, 3.63) is 182 Å². The van der Waals surface area contributed by atoms with Crippen molar-refractivity contribution >= 4 is 102 Å². The van der Waals surface area contributed by atoms with Gasteiger partial charge in [-0.1, -0.05) is 103 Å². The molecule has 0 aliphatic rings. The lowest BCUT2D eigenvalue weighted by Crippen LogP contribution is -2.10. The van der Waals surface area contributed by atoms with Crippen LogP contribution in [0.2, 0.25) is 0 Å². The van der Waals surface area contributed by atoms with E-state index >= 15 is 0 Å². The van der Waals surface area contributed by atoms with Gasteiger partial charge in [-0.15, -0.1) is 22.7 Å². The number of rotatable bonds is 5. The zero-order chi connectivity index (χ0) is 34.2. The van der Waals surface area contributed by atoms with Crippen LogP contribution in [-0.4, -0.2) is 4.57 Å². The molecule has 11 aromatic rings. The molecule has 0 atom stereocenters. The molecule has 8 aromatic carbocycles. The molecule has 0 N–H and O–H groups in total.